The van der Waals surface area contributed by atoms with Crippen LogP contribution in [0.25, 0.3) is 0 Å². The van der Waals surface area contributed by atoms with E-state index in [1.807, 2.05) is 0 Å². The normalized spacial score (nSPS) is 12.8. The molecule has 0 aliphatic carbocycles. The summed E-state index contributed by atoms with van der Waals surface area (Å²) in [4.78, 5) is 0. The van der Waals surface area contributed by atoms with Gasteiger partial charge in [0.15, 0.2) is 0 Å². The zero-order valence-corrected chi connectivity index (χ0v) is 27.0. The molecule has 38 heavy (non-hydrogen) atoms. The van der Waals surface area contributed by atoms with E-state index in [9.17, 15) is 0 Å². The summed E-state index contributed by atoms with van der Waals surface area (Å²) in [5.41, 5.74) is 0. The molecular weight excluding hydrogens is 456 g/mol. The molecule has 0 heterocycles. The molecule has 0 fully saturated rings. The molecular formula is C38H73. The second-order valence-corrected chi connectivity index (χ2v) is 12.2. The van der Waals surface area contributed by atoms with Crippen LogP contribution >= 0.6 is 0 Å². The number of hydrogen-bond donors (Lipinski definition) is 0. The van der Waals surface area contributed by atoms with E-state index < -0.39 is 0 Å². The number of rotatable bonds is 32. The summed E-state index contributed by atoms with van der Waals surface area (Å²) >= 11 is 0. The Morgan fingerprint density at radius 3 is 1.16 bits per heavy atom. The first-order valence-electron chi connectivity index (χ1n) is 18.0. The summed E-state index contributed by atoms with van der Waals surface area (Å²) in [6.45, 7) is 6.91. The number of allylic oxidation sites excluding steroid dienone is 4. The summed E-state index contributed by atoms with van der Waals surface area (Å²) in [5.74, 6) is 0.900. The highest BCUT2D eigenvalue weighted by molar-refractivity contribution is 4.92. The minimum atomic E-state index is 0.900. The van der Waals surface area contributed by atoms with Crippen LogP contribution in [0.2, 0.25) is 0 Å². The highest BCUT2D eigenvalue weighted by Crippen LogP contribution is 2.24. The van der Waals surface area contributed by atoms with Crippen molar-refractivity contribution in [3.8, 4) is 0 Å². The van der Waals surface area contributed by atoms with Gasteiger partial charge in [0.05, 0.1) is 0 Å². The molecule has 0 nitrogen and oxygen atoms in total. The Labute approximate surface area is 243 Å². The third-order valence-corrected chi connectivity index (χ3v) is 8.26. The fourth-order valence-corrected chi connectivity index (χ4v) is 5.59. The summed E-state index contributed by atoms with van der Waals surface area (Å²) in [7, 11) is 0. The number of hydrogen-bond acceptors (Lipinski definition) is 0. The molecule has 1 radical (unpaired) electrons. The fraction of sp³-hybridized carbons (Fsp3) is 0.868. The average Bonchev–Trinajstić information content (AvgIpc) is 2.93. The van der Waals surface area contributed by atoms with Crippen molar-refractivity contribution in [1.82, 2.24) is 0 Å². The minimum Gasteiger partial charge on any atom is -0.0882 e. The van der Waals surface area contributed by atoms with Crippen LogP contribution in [0.15, 0.2) is 24.3 Å². The van der Waals surface area contributed by atoms with Gasteiger partial charge in [-0.05, 0) is 50.9 Å². The van der Waals surface area contributed by atoms with Gasteiger partial charge in [0.25, 0.3) is 0 Å². The Morgan fingerprint density at radius 2 is 0.684 bits per heavy atom. The summed E-state index contributed by atoms with van der Waals surface area (Å²) in [5, 5.41) is 0. The highest BCUT2D eigenvalue weighted by atomic mass is 14.1. The lowest BCUT2D eigenvalue weighted by molar-refractivity contribution is 0.429. The highest BCUT2D eigenvalue weighted by Gasteiger charge is 2.09. The van der Waals surface area contributed by atoms with E-state index >= 15 is 0 Å². The third-order valence-electron chi connectivity index (χ3n) is 8.26. The minimum absolute atomic E-state index is 0.900. The van der Waals surface area contributed by atoms with E-state index in [0.29, 0.717) is 0 Å². The molecule has 0 aliphatic heterocycles. The van der Waals surface area contributed by atoms with Crippen LogP contribution in [-0.2, 0) is 0 Å². The van der Waals surface area contributed by atoms with Crippen molar-refractivity contribution in [3.05, 3.63) is 30.7 Å². The molecule has 0 bridgehead atoms. The van der Waals surface area contributed by atoms with Gasteiger partial charge in [-0.25, -0.2) is 0 Å². The lowest BCUT2D eigenvalue weighted by Crippen LogP contribution is -2.02. The van der Waals surface area contributed by atoms with Crippen molar-refractivity contribution in [1.29, 1.82) is 0 Å². The van der Waals surface area contributed by atoms with Crippen LogP contribution in [0.1, 0.15) is 207 Å². The maximum absolute atomic E-state index is 2.75. The predicted octanol–water partition coefficient (Wildman–Crippen LogP) is 14.3. The van der Waals surface area contributed by atoms with E-state index in [-0.39, 0.29) is 0 Å². The van der Waals surface area contributed by atoms with E-state index in [2.05, 4.69) is 51.5 Å². The molecule has 1 atom stereocenters. The first kappa shape index (κ1) is 37.5. The van der Waals surface area contributed by atoms with Crippen LogP contribution in [0, 0.1) is 12.3 Å². The predicted molar refractivity (Wildman–Crippen MR) is 177 cm³/mol. The zero-order chi connectivity index (χ0) is 27.6. The Hall–Kier alpha value is -0.520. The summed E-state index contributed by atoms with van der Waals surface area (Å²) in [6.07, 6.45) is 53.0. The SMILES string of the molecule is CCCCCC=CCC=CCCCCCCC[CH]C(CCCCCCCCC)CCCCCCCCCC. The fourth-order valence-electron chi connectivity index (χ4n) is 5.59. The van der Waals surface area contributed by atoms with Crippen LogP contribution < -0.4 is 0 Å². The van der Waals surface area contributed by atoms with E-state index in [0.717, 1.165) is 12.3 Å². The molecule has 0 aromatic carbocycles. The van der Waals surface area contributed by atoms with Crippen molar-refractivity contribution in [2.24, 2.45) is 5.92 Å². The third kappa shape index (κ3) is 31.7. The molecule has 225 valence electrons. The molecule has 0 saturated heterocycles. The molecule has 0 amide bonds. The lowest BCUT2D eigenvalue weighted by Gasteiger charge is -2.17. The number of unbranched alkanes of at least 4 members (excludes halogenated alkanes) is 22. The molecule has 0 heteroatoms. The van der Waals surface area contributed by atoms with Gasteiger partial charge in [-0.2, -0.15) is 0 Å². The van der Waals surface area contributed by atoms with E-state index in [4.69, 9.17) is 0 Å². The van der Waals surface area contributed by atoms with Crippen molar-refractivity contribution in [3.63, 3.8) is 0 Å². The monoisotopic (exact) mass is 530 g/mol. The standard InChI is InChI=1S/C38H73/c1-4-7-10-13-16-18-19-20-21-22-23-24-25-28-31-34-37-38(35-32-29-26-15-12-9-6-3)36-33-30-27-17-14-11-8-5-2/h16,18,20-21,37-38H,4-15,17,19,22-36H2,1-3H3. The second kappa shape index (κ2) is 34.5. The molecule has 0 N–H and O–H groups in total. The molecule has 0 aromatic heterocycles. The maximum Gasteiger partial charge on any atom is -0.0169 e. The summed E-state index contributed by atoms with van der Waals surface area (Å²) < 4.78 is 0. The molecule has 0 saturated carbocycles. The second-order valence-electron chi connectivity index (χ2n) is 12.2. The first-order chi connectivity index (χ1) is 18.8. The van der Waals surface area contributed by atoms with E-state index in [1.54, 1.807) is 0 Å². The van der Waals surface area contributed by atoms with Crippen molar-refractivity contribution in [2.45, 2.75) is 207 Å². The smallest absolute Gasteiger partial charge is 0.0169 e. The lowest BCUT2D eigenvalue weighted by atomic mass is 9.89. The van der Waals surface area contributed by atoms with Gasteiger partial charge in [0.2, 0.25) is 0 Å². The topological polar surface area (TPSA) is 0 Å². The molecule has 0 spiro atoms. The van der Waals surface area contributed by atoms with Crippen LogP contribution in [0.3, 0.4) is 0 Å². The van der Waals surface area contributed by atoms with Gasteiger partial charge >= 0.3 is 0 Å². The molecule has 0 rings (SSSR count). The van der Waals surface area contributed by atoms with Crippen LogP contribution in [0.4, 0.5) is 0 Å². The average molecular weight is 530 g/mol. The first-order valence-corrected chi connectivity index (χ1v) is 18.0. The van der Waals surface area contributed by atoms with Gasteiger partial charge in [-0.15, -0.1) is 0 Å². The summed E-state index contributed by atoms with van der Waals surface area (Å²) in [6, 6.07) is 0. The largest absolute Gasteiger partial charge is 0.0882 e. The Morgan fingerprint density at radius 1 is 0.342 bits per heavy atom. The van der Waals surface area contributed by atoms with E-state index in [1.165, 1.54) is 180 Å². The van der Waals surface area contributed by atoms with Gasteiger partial charge in [0.1, 0.15) is 0 Å². The van der Waals surface area contributed by atoms with Crippen LogP contribution in [-0.4, -0.2) is 0 Å². The van der Waals surface area contributed by atoms with Crippen molar-refractivity contribution in [2.75, 3.05) is 0 Å². The molecule has 1 unspecified atom stereocenters. The van der Waals surface area contributed by atoms with Gasteiger partial charge < -0.3 is 0 Å². The van der Waals surface area contributed by atoms with Crippen LogP contribution in [0.5, 0.6) is 0 Å². The molecule has 0 aliphatic rings. The van der Waals surface area contributed by atoms with Gasteiger partial charge in [0, 0.05) is 0 Å². The Balaban J connectivity index is 3.83. The quantitative estimate of drug-likeness (QED) is 0.0600. The zero-order valence-electron chi connectivity index (χ0n) is 27.0. The van der Waals surface area contributed by atoms with Crippen molar-refractivity contribution >= 4 is 0 Å². The Bertz CT molecular complexity index is 459. The van der Waals surface area contributed by atoms with Crippen molar-refractivity contribution < 1.29 is 0 Å². The molecule has 0 aromatic rings. The van der Waals surface area contributed by atoms with Gasteiger partial charge in [-0.3, -0.25) is 0 Å². The Kier molecular flexibility index (Phi) is 34.0. The van der Waals surface area contributed by atoms with Gasteiger partial charge in [-0.1, -0.05) is 193 Å². The maximum atomic E-state index is 2.75.